The summed E-state index contributed by atoms with van der Waals surface area (Å²) >= 11 is 0. The molecule has 0 saturated heterocycles. The van der Waals surface area contributed by atoms with Crippen LogP contribution < -0.4 is 30.4 Å². The van der Waals surface area contributed by atoms with E-state index in [9.17, 15) is 5.11 Å². The van der Waals surface area contributed by atoms with Crippen LogP contribution in [0.25, 0.3) is 12.0 Å². The Hall–Kier alpha value is -4.21. The van der Waals surface area contributed by atoms with Crippen LogP contribution in [0.4, 0.5) is 0 Å². The molecule has 0 N–H and O–H groups in total. The first-order valence-electron chi connectivity index (χ1n) is 11.4. The SMILES string of the molecule is [O-]/C(=C/[n+]1ccc([Si](c2ccccc2)(c2ccccc2)c2ccccc2)cc1)c1ccccc1. The van der Waals surface area contributed by atoms with Gasteiger partial charge in [0.05, 0.1) is 0 Å². The Bertz CT molecular complexity index is 1270. The average molecular weight is 456 g/mol. The van der Waals surface area contributed by atoms with Crippen molar-refractivity contribution in [3.63, 3.8) is 0 Å². The summed E-state index contributed by atoms with van der Waals surface area (Å²) < 4.78 is 1.85. The summed E-state index contributed by atoms with van der Waals surface area (Å²) in [7, 11) is -2.54. The molecule has 0 amide bonds. The summed E-state index contributed by atoms with van der Waals surface area (Å²) in [6, 6.07) is 46.2. The highest BCUT2D eigenvalue weighted by molar-refractivity contribution is 7.19. The molecule has 0 aliphatic heterocycles. The Morgan fingerprint density at radius 2 is 0.853 bits per heavy atom. The Kier molecular flexibility index (Phi) is 6.19. The predicted octanol–water partition coefficient (Wildman–Crippen LogP) is 2.67. The lowest BCUT2D eigenvalue weighted by Crippen LogP contribution is -2.74. The third-order valence-corrected chi connectivity index (χ3v) is 11.0. The van der Waals surface area contributed by atoms with Crippen molar-refractivity contribution in [1.29, 1.82) is 0 Å². The van der Waals surface area contributed by atoms with E-state index in [0.717, 1.165) is 0 Å². The molecular formula is C31H25NOSi. The summed E-state index contributed by atoms with van der Waals surface area (Å²) in [6.07, 6.45) is 5.62. The molecule has 0 atom stereocenters. The smallest absolute Gasteiger partial charge is 0.180 e. The van der Waals surface area contributed by atoms with Crippen LogP contribution in [-0.4, -0.2) is 8.07 Å². The minimum Gasteiger partial charge on any atom is -0.868 e. The Morgan fingerprint density at radius 1 is 0.500 bits per heavy atom. The number of rotatable bonds is 6. The van der Waals surface area contributed by atoms with Gasteiger partial charge < -0.3 is 5.11 Å². The van der Waals surface area contributed by atoms with Gasteiger partial charge in [0.25, 0.3) is 0 Å². The van der Waals surface area contributed by atoms with Gasteiger partial charge in [0.1, 0.15) is 0 Å². The fourth-order valence-corrected chi connectivity index (χ4v) is 9.38. The Morgan fingerprint density at radius 3 is 1.26 bits per heavy atom. The van der Waals surface area contributed by atoms with E-state index in [-0.39, 0.29) is 5.76 Å². The van der Waals surface area contributed by atoms with Crippen molar-refractivity contribution in [1.82, 2.24) is 0 Å². The number of aromatic nitrogens is 1. The van der Waals surface area contributed by atoms with E-state index in [0.29, 0.717) is 5.56 Å². The molecule has 0 aliphatic rings. The lowest BCUT2D eigenvalue weighted by molar-refractivity contribution is -0.569. The molecule has 0 saturated carbocycles. The van der Waals surface area contributed by atoms with Crippen molar-refractivity contribution in [2.24, 2.45) is 0 Å². The lowest BCUT2D eigenvalue weighted by atomic mass is 10.2. The summed E-state index contributed by atoms with van der Waals surface area (Å²) in [5.41, 5.74) is 0.681. The second-order valence-electron chi connectivity index (χ2n) is 8.24. The number of pyridine rings is 1. The molecule has 164 valence electrons. The van der Waals surface area contributed by atoms with Crippen LogP contribution in [0.15, 0.2) is 146 Å². The van der Waals surface area contributed by atoms with Gasteiger partial charge in [-0.25, -0.2) is 0 Å². The van der Waals surface area contributed by atoms with E-state index >= 15 is 0 Å². The molecule has 0 spiro atoms. The molecule has 0 aliphatic carbocycles. The zero-order chi connectivity index (χ0) is 23.2. The van der Waals surface area contributed by atoms with Gasteiger partial charge in [-0.1, -0.05) is 121 Å². The van der Waals surface area contributed by atoms with Crippen LogP contribution in [-0.2, 0) is 0 Å². The van der Waals surface area contributed by atoms with Gasteiger partial charge in [0, 0.05) is 12.1 Å². The maximum Gasteiger partial charge on any atom is 0.180 e. The molecule has 0 fully saturated rings. The van der Waals surface area contributed by atoms with Crippen LogP contribution in [0.5, 0.6) is 0 Å². The van der Waals surface area contributed by atoms with Gasteiger partial charge >= 0.3 is 0 Å². The van der Waals surface area contributed by atoms with Crippen LogP contribution in [0.2, 0.25) is 0 Å². The number of benzene rings is 4. The third-order valence-electron chi connectivity index (χ3n) is 6.23. The summed E-state index contributed by atoms with van der Waals surface area (Å²) in [6.45, 7) is 0. The van der Waals surface area contributed by atoms with E-state index in [1.54, 1.807) is 6.20 Å². The molecule has 0 unspecified atom stereocenters. The van der Waals surface area contributed by atoms with E-state index in [1.165, 1.54) is 20.7 Å². The summed E-state index contributed by atoms with van der Waals surface area (Å²) in [4.78, 5) is 0. The van der Waals surface area contributed by atoms with Crippen LogP contribution >= 0.6 is 0 Å². The molecule has 0 bridgehead atoms. The first kappa shape index (κ1) is 21.6. The zero-order valence-corrected chi connectivity index (χ0v) is 19.8. The molecule has 1 aromatic heterocycles. The van der Waals surface area contributed by atoms with Crippen LogP contribution in [0.3, 0.4) is 0 Å². The molecule has 34 heavy (non-hydrogen) atoms. The quantitative estimate of drug-likeness (QED) is 0.167. The Balaban J connectivity index is 1.69. The van der Waals surface area contributed by atoms with E-state index in [2.05, 4.69) is 103 Å². The number of nitrogens with zero attached hydrogens (tertiary/aromatic N) is 1. The second kappa shape index (κ2) is 9.73. The zero-order valence-electron chi connectivity index (χ0n) is 18.8. The van der Waals surface area contributed by atoms with Crippen molar-refractivity contribution in [3.8, 4) is 0 Å². The van der Waals surface area contributed by atoms with Gasteiger partial charge in [-0.3, -0.25) is 0 Å². The first-order chi connectivity index (χ1) is 16.8. The second-order valence-corrected chi connectivity index (χ2v) is 12.1. The number of hydrogen-bond acceptors (Lipinski definition) is 1. The van der Waals surface area contributed by atoms with Crippen molar-refractivity contribution < 1.29 is 9.67 Å². The van der Waals surface area contributed by atoms with Gasteiger partial charge in [0.2, 0.25) is 0 Å². The molecule has 4 aromatic carbocycles. The van der Waals surface area contributed by atoms with Crippen LogP contribution in [0.1, 0.15) is 5.56 Å². The largest absolute Gasteiger partial charge is 0.868 e. The fraction of sp³-hybridized carbons (Fsp3) is 0. The lowest BCUT2D eigenvalue weighted by Gasteiger charge is -2.33. The van der Waals surface area contributed by atoms with Crippen molar-refractivity contribution in [2.75, 3.05) is 0 Å². The molecule has 3 heteroatoms. The van der Waals surface area contributed by atoms with Crippen LogP contribution in [0, 0.1) is 0 Å². The summed E-state index contributed by atoms with van der Waals surface area (Å²) in [5.74, 6) is -0.0176. The third kappa shape index (κ3) is 4.09. The van der Waals surface area contributed by atoms with Gasteiger partial charge in [-0.2, -0.15) is 4.57 Å². The van der Waals surface area contributed by atoms with E-state index < -0.39 is 8.07 Å². The van der Waals surface area contributed by atoms with E-state index in [1.807, 2.05) is 47.3 Å². The molecule has 0 radical (unpaired) electrons. The standard InChI is InChI=1S/C31H25NOSi/c33-31(26-13-5-1-6-14-26)25-32-23-21-30(22-24-32)34(27-15-7-2-8-16-27,28-17-9-3-10-18-28)29-19-11-4-12-20-29/h1-25H/b31-25+. The Labute approximate surface area is 201 Å². The van der Waals surface area contributed by atoms with Gasteiger partial charge in [-0.15, -0.1) is 0 Å². The average Bonchev–Trinajstić information content (AvgIpc) is 2.92. The molecule has 5 rings (SSSR count). The monoisotopic (exact) mass is 455 g/mol. The number of hydrogen-bond donors (Lipinski definition) is 0. The molecule has 1 heterocycles. The molecule has 5 aromatic rings. The fourth-order valence-electron chi connectivity index (χ4n) is 4.65. The maximum absolute atomic E-state index is 12.7. The van der Waals surface area contributed by atoms with Gasteiger partial charge in [-0.05, 0) is 32.1 Å². The summed E-state index contributed by atoms with van der Waals surface area (Å²) in [5, 5.41) is 17.9. The minimum absolute atomic E-state index is 0.0176. The van der Waals surface area contributed by atoms with Crippen molar-refractivity contribution in [2.45, 2.75) is 0 Å². The van der Waals surface area contributed by atoms with Crippen molar-refractivity contribution in [3.05, 3.63) is 151 Å². The van der Waals surface area contributed by atoms with E-state index in [4.69, 9.17) is 0 Å². The molecule has 2 nitrogen and oxygen atoms in total. The highest BCUT2D eigenvalue weighted by Crippen LogP contribution is 2.09. The van der Waals surface area contributed by atoms with Gasteiger partial charge in [0.15, 0.2) is 26.7 Å². The normalized spacial score (nSPS) is 11.8. The highest BCUT2D eigenvalue weighted by atomic mass is 28.3. The molecular weight excluding hydrogens is 430 g/mol. The highest BCUT2D eigenvalue weighted by Gasteiger charge is 2.41. The topological polar surface area (TPSA) is 26.9 Å². The maximum atomic E-state index is 12.7. The minimum atomic E-state index is -2.54. The predicted molar refractivity (Wildman–Crippen MR) is 141 cm³/mol. The van der Waals surface area contributed by atoms with Crippen molar-refractivity contribution >= 4 is 40.8 Å². The first-order valence-corrected chi connectivity index (χ1v) is 13.4.